The summed E-state index contributed by atoms with van der Waals surface area (Å²) in [6, 6.07) is 0. The Morgan fingerprint density at radius 1 is 1.47 bits per heavy atom. The maximum atomic E-state index is 12.0. The predicted molar refractivity (Wildman–Crippen MR) is 47.3 cm³/mol. The second kappa shape index (κ2) is 4.94. The number of hydrogen-bond acceptors (Lipinski definition) is 3. The molecule has 1 fully saturated rings. The maximum absolute atomic E-state index is 12.0. The van der Waals surface area contributed by atoms with Crippen LogP contribution in [0.5, 0.6) is 0 Å². The van der Waals surface area contributed by atoms with Crippen LogP contribution < -0.4 is 0 Å². The van der Waals surface area contributed by atoms with E-state index in [9.17, 15) is 18.0 Å². The van der Waals surface area contributed by atoms with Crippen LogP contribution in [-0.2, 0) is 4.79 Å². The highest BCUT2D eigenvalue weighted by Crippen LogP contribution is 2.20. The normalized spacial score (nSPS) is 24.1. The van der Waals surface area contributed by atoms with Gasteiger partial charge in [0.15, 0.2) is 0 Å². The minimum atomic E-state index is -4.74. The van der Waals surface area contributed by atoms with Crippen molar-refractivity contribution in [3.05, 3.63) is 0 Å². The van der Waals surface area contributed by atoms with Crippen molar-refractivity contribution >= 4 is 5.78 Å². The van der Waals surface area contributed by atoms with E-state index in [1.807, 2.05) is 0 Å². The molecule has 0 aromatic carbocycles. The van der Waals surface area contributed by atoms with Crippen molar-refractivity contribution in [1.29, 1.82) is 0 Å². The van der Waals surface area contributed by atoms with Crippen LogP contribution in [0.2, 0.25) is 0 Å². The van der Waals surface area contributed by atoms with Crippen molar-refractivity contribution in [2.45, 2.75) is 19.0 Å². The molecule has 0 saturated carbocycles. The van der Waals surface area contributed by atoms with Gasteiger partial charge in [0.25, 0.3) is 0 Å². The number of carbonyl (C=O) groups is 1. The van der Waals surface area contributed by atoms with E-state index in [1.54, 1.807) is 0 Å². The smallest absolute Gasteiger partial charge is 0.396 e. The zero-order valence-electron chi connectivity index (χ0n) is 8.26. The number of ketones is 1. The number of aliphatic hydroxyl groups excluding tert-OH is 1. The van der Waals surface area contributed by atoms with E-state index in [0.29, 0.717) is 13.1 Å². The zero-order valence-corrected chi connectivity index (χ0v) is 8.26. The van der Waals surface area contributed by atoms with Crippen LogP contribution in [0.1, 0.15) is 12.8 Å². The molecule has 15 heavy (non-hydrogen) atoms. The van der Waals surface area contributed by atoms with Gasteiger partial charge in [-0.15, -0.1) is 0 Å². The summed E-state index contributed by atoms with van der Waals surface area (Å²) in [7, 11) is 0. The molecule has 0 radical (unpaired) electrons. The first-order chi connectivity index (χ1) is 6.93. The highest BCUT2D eigenvalue weighted by molar-refractivity contribution is 5.85. The van der Waals surface area contributed by atoms with Gasteiger partial charge >= 0.3 is 6.18 Å². The molecule has 0 aromatic rings. The fraction of sp³-hybridized carbons (Fsp3) is 0.889. The molecular formula is C9H14F3NO2. The van der Waals surface area contributed by atoms with Gasteiger partial charge in [0.2, 0.25) is 5.78 Å². The zero-order chi connectivity index (χ0) is 11.5. The van der Waals surface area contributed by atoms with Gasteiger partial charge in [0.05, 0.1) is 6.54 Å². The highest BCUT2D eigenvalue weighted by Gasteiger charge is 2.39. The number of halogens is 3. The predicted octanol–water partition coefficient (Wildman–Crippen LogP) is 0.822. The van der Waals surface area contributed by atoms with Gasteiger partial charge in [-0.3, -0.25) is 9.69 Å². The standard InChI is InChI=1S/C9H14F3NO2/c10-9(11,12)8(15)5-13-3-1-2-7(4-13)6-14/h7,14H,1-6H2/t7-/m0/s1. The number of nitrogens with zero attached hydrogens (tertiary/aromatic N) is 1. The van der Waals surface area contributed by atoms with Crippen LogP contribution in [0.4, 0.5) is 13.2 Å². The summed E-state index contributed by atoms with van der Waals surface area (Å²) in [4.78, 5) is 12.2. The Morgan fingerprint density at radius 2 is 2.13 bits per heavy atom. The quantitative estimate of drug-likeness (QED) is 0.773. The number of likely N-dealkylation sites (tertiary alicyclic amines) is 1. The first-order valence-corrected chi connectivity index (χ1v) is 4.86. The third kappa shape index (κ3) is 3.79. The molecular weight excluding hydrogens is 211 g/mol. The summed E-state index contributed by atoms with van der Waals surface area (Å²) in [5.74, 6) is -1.71. The van der Waals surface area contributed by atoms with E-state index in [0.717, 1.165) is 12.8 Å². The van der Waals surface area contributed by atoms with Gasteiger partial charge in [-0.2, -0.15) is 13.2 Å². The lowest BCUT2D eigenvalue weighted by Gasteiger charge is -2.31. The maximum Gasteiger partial charge on any atom is 0.451 e. The lowest BCUT2D eigenvalue weighted by atomic mass is 9.99. The minimum Gasteiger partial charge on any atom is -0.396 e. The number of piperidine rings is 1. The molecule has 0 bridgehead atoms. The molecule has 1 atom stereocenters. The lowest BCUT2D eigenvalue weighted by Crippen LogP contribution is -2.43. The number of alkyl halides is 3. The minimum absolute atomic E-state index is 0.000200. The summed E-state index contributed by atoms with van der Waals surface area (Å²) in [5, 5.41) is 8.87. The molecule has 1 rings (SSSR count). The van der Waals surface area contributed by atoms with E-state index in [4.69, 9.17) is 5.11 Å². The van der Waals surface area contributed by atoms with Gasteiger partial charge < -0.3 is 5.11 Å². The van der Waals surface area contributed by atoms with Gasteiger partial charge in [-0.05, 0) is 25.3 Å². The van der Waals surface area contributed by atoms with Crippen molar-refractivity contribution < 1.29 is 23.1 Å². The van der Waals surface area contributed by atoms with Gasteiger partial charge in [-0.1, -0.05) is 0 Å². The van der Waals surface area contributed by atoms with E-state index in [2.05, 4.69) is 0 Å². The summed E-state index contributed by atoms with van der Waals surface area (Å²) in [5.41, 5.74) is 0. The molecule has 1 aliphatic rings. The number of carbonyl (C=O) groups excluding carboxylic acids is 1. The number of hydrogen-bond donors (Lipinski definition) is 1. The number of rotatable bonds is 3. The Bertz CT molecular complexity index is 230. The summed E-state index contributed by atoms with van der Waals surface area (Å²) < 4.78 is 35.9. The van der Waals surface area contributed by atoms with Crippen LogP contribution in [0.3, 0.4) is 0 Å². The third-order valence-electron chi connectivity index (χ3n) is 2.54. The average molecular weight is 225 g/mol. The SMILES string of the molecule is O=C(CN1CCC[C@H](CO)C1)C(F)(F)F. The van der Waals surface area contributed by atoms with E-state index >= 15 is 0 Å². The van der Waals surface area contributed by atoms with E-state index < -0.39 is 18.5 Å². The van der Waals surface area contributed by atoms with E-state index in [1.165, 1.54) is 4.90 Å². The topological polar surface area (TPSA) is 40.5 Å². The largest absolute Gasteiger partial charge is 0.451 e. The second-order valence-electron chi connectivity index (χ2n) is 3.85. The third-order valence-corrected chi connectivity index (χ3v) is 2.54. The van der Waals surface area contributed by atoms with Crippen molar-refractivity contribution in [3.63, 3.8) is 0 Å². The van der Waals surface area contributed by atoms with Crippen molar-refractivity contribution in [2.24, 2.45) is 5.92 Å². The lowest BCUT2D eigenvalue weighted by molar-refractivity contribution is -0.172. The summed E-state index contributed by atoms with van der Waals surface area (Å²) in [6.45, 7) is 0.257. The van der Waals surface area contributed by atoms with Crippen LogP contribution in [0.25, 0.3) is 0 Å². The Hall–Kier alpha value is -0.620. The van der Waals surface area contributed by atoms with Gasteiger partial charge in [0, 0.05) is 13.2 Å². The first kappa shape index (κ1) is 12.4. The van der Waals surface area contributed by atoms with Crippen LogP contribution >= 0.6 is 0 Å². The van der Waals surface area contributed by atoms with Crippen molar-refractivity contribution in [3.8, 4) is 0 Å². The Kier molecular flexibility index (Phi) is 4.10. The molecule has 88 valence electrons. The van der Waals surface area contributed by atoms with Crippen LogP contribution in [0.15, 0.2) is 0 Å². The highest BCUT2D eigenvalue weighted by atomic mass is 19.4. The fourth-order valence-electron chi connectivity index (χ4n) is 1.74. The van der Waals surface area contributed by atoms with Crippen molar-refractivity contribution in [1.82, 2.24) is 4.90 Å². The monoisotopic (exact) mass is 225 g/mol. The molecule has 1 saturated heterocycles. The molecule has 1 heterocycles. The summed E-state index contributed by atoms with van der Waals surface area (Å²) >= 11 is 0. The molecule has 1 aliphatic heterocycles. The van der Waals surface area contributed by atoms with Crippen LogP contribution in [0, 0.1) is 5.92 Å². The van der Waals surface area contributed by atoms with Crippen molar-refractivity contribution in [2.75, 3.05) is 26.2 Å². The molecule has 3 nitrogen and oxygen atoms in total. The number of Topliss-reactive ketones (excluding diaryl/α,β-unsaturated/α-hetero) is 1. The summed E-state index contributed by atoms with van der Waals surface area (Å²) in [6.07, 6.45) is -3.20. The fourth-order valence-corrected chi connectivity index (χ4v) is 1.74. The van der Waals surface area contributed by atoms with Gasteiger partial charge in [0.1, 0.15) is 0 Å². The molecule has 1 N–H and O–H groups in total. The van der Waals surface area contributed by atoms with E-state index in [-0.39, 0.29) is 12.5 Å². The first-order valence-electron chi connectivity index (χ1n) is 4.86. The van der Waals surface area contributed by atoms with Crippen LogP contribution in [-0.4, -0.2) is 48.2 Å². The van der Waals surface area contributed by atoms with Gasteiger partial charge in [-0.25, -0.2) is 0 Å². The molecule has 0 amide bonds. The molecule has 0 spiro atoms. The second-order valence-corrected chi connectivity index (χ2v) is 3.85. The number of aliphatic hydroxyl groups is 1. The Morgan fingerprint density at radius 3 is 2.67 bits per heavy atom. The Balaban J connectivity index is 2.41. The molecule has 0 aliphatic carbocycles. The average Bonchev–Trinajstić information content (AvgIpc) is 2.16. The molecule has 6 heteroatoms. The molecule has 0 aromatic heterocycles. The molecule has 0 unspecified atom stereocenters. The Labute approximate surface area is 85.9 Å².